The molecule has 3 aromatic rings. The Bertz CT molecular complexity index is 1300. The minimum atomic E-state index is -0.308. The number of hydrogen-bond donors (Lipinski definition) is 1. The highest BCUT2D eigenvalue weighted by Crippen LogP contribution is 2.33. The summed E-state index contributed by atoms with van der Waals surface area (Å²) in [7, 11) is 3.19. The third-order valence-electron chi connectivity index (χ3n) is 5.43. The second-order valence-corrected chi connectivity index (χ2v) is 8.75. The SMILES string of the molecule is COc1ccc(/C=C(/CN2C(=N)S/C(=C\c3ccc(OC)cc3)C2=O)C(=O)c2ccccc2)cc1. The molecule has 0 spiro atoms. The number of Topliss-reactive ketones (excluding diaryl/α,β-unsaturated/α-hetero) is 1. The highest BCUT2D eigenvalue weighted by Gasteiger charge is 2.33. The Kier molecular flexibility index (Phi) is 7.48. The van der Waals surface area contributed by atoms with Crippen molar-refractivity contribution in [1.29, 1.82) is 5.41 Å². The van der Waals surface area contributed by atoms with Gasteiger partial charge in [-0.1, -0.05) is 54.6 Å². The molecule has 1 fully saturated rings. The summed E-state index contributed by atoms with van der Waals surface area (Å²) in [6.07, 6.45) is 3.50. The Morgan fingerprint density at radius 2 is 1.46 bits per heavy atom. The van der Waals surface area contributed by atoms with Crippen molar-refractivity contribution in [2.75, 3.05) is 20.8 Å². The summed E-state index contributed by atoms with van der Waals surface area (Å²) < 4.78 is 10.4. The number of methoxy groups -OCH3 is 2. The molecule has 35 heavy (non-hydrogen) atoms. The molecule has 1 heterocycles. The molecule has 3 aromatic carbocycles. The lowest BCUT2D eigenvalue weighted by atomic mass is 10.0. The van der Waals surface area contributed by atoms with Gasteiger partial charge in [-0.2, -0.15) is 0 Å². The van der Waals surface area contributed by atoms with Crippen LogP contribution in [0.2, 0.25) is 0 Å². The zero-order valence-electron chi connectivity index (χ0n) is 19.4. The molecular weight excluding hydrogens is 460 g/mol. The van der Waals surface area contributed by atoms with Crippen LogP contribution in [0.1, 0.15) is 21.5 Å². The van der Waals surface area contributed by atoms with Crippen LogP contribution < -0.4 is 9.47 Å². The second-order valence-electron chi connectivity index (χ2n) is 7.72. The van der Waals surface area contributed by atoms with Crippen LogP contribution in [-0.2, 0) is 4.79 Å². The summed E-state index contributed by atoms with van der Waals surface area (Å²) in [6, 6.07) is 23.6. The van der Waals surface area contributed by atoms with E-state index in [0.717, 1.165) is 28.6 Å². The van der Waals surface area contributed by atoms with Crippen molar-refractivity contribution in [2.24, 2.45) is 0 Å². The van der Waals surface area contributed by atoms with Gasteiger partial charge in [0.1, 0.15) is 11.5 Å². The van der Waals surface area contributed by atoms with Crippen molar-refractivity contribution >= 4 is 40.8 Å². The first-order valence-corrected chi connectivity index (χ1v) is 11.7. The van der Waals surface area contributed by atoms with Crippen LogP contribution in [0.15, 0.2) is 89.3 Å². The molecule has 0 unspecified atom stereocenters. The van der Waals surface area contributed by atoms with E-state index >= 15 is 0 Å². The van der Waals surface area contributed by atoms with Gasteiger partial charge in [-0.25, -0.2) is 0 Å². The van der Waals surface area contributed by atoms with Gasteiger partial charge in [0.25, 0.3) is 5.91 Å². The van der Waals surface area contributed by atoms with Crippen LogP contribution in [0.25, 0.3) is 12.2 Å². The fourth-order valence-electron chi connectivity index (χ4n) is 3.54. The van der Waals surface area contributed by atoms with Crippen molar-refractivity contribution in [1.82, 2.24) is 4.90 Å². The van der Waals surface area contributed by atoms with Gasteiger partial charge in [0.05, 0.1) is 25.7 Å². The molecule has 6 nitrogen and oxygen atoms in total. The van der Waals surface area contributed by atoms with E-state index in [9.17, 15) is 9.59 Å². The Hall–Kier alpha value is -4.10. The lowest BCUT2D eigenvalue weighted by molar-refractivity contribution is -0.121. The van der Waals surface area contributed by atoms with E-state index in [4.69, 9.17) is 14.9 Å². The highest BCUT2D eigenvalue weighted by atomic mass is 32.2. The number of benzene rings is 3. The van der Waals surface area contributed by atoms with Crippen molar-refractivity contribution < 1.29 is 19.1 Å². The molecule has 0 aliphatic carbocycles. The Balaban J connectivity index is 1.63. The standard InChI is InChI=1S/C28H24N2O4S/c1-33-23-12-8-19(9-13-23)16-22(26(31)21-6-4-3-5-7-21)18-30-27(32)25(35-28(30)29)17-20-10-14-24(34-2)15-11-20/h3-17,29H,18H2,1-2H3/b22-16-,25-17-,29-28?. The number of rotatable bonds is 8. The zero-order valence-corrected chi connectivity index (χ0v) is 20.2. The molecular formula is C28H24N2O4S. The first-order valence-electron chi connectivity index (χ1n) is 10.9. The molecule has 0 aromatic heterocycles. The molecule has 7 heteroatoms. The third kappa shape index (κ3) is 5.70. The maximum Gasteiger partial charge on any atom is 0.267 e. The van der Waals surface area contributed by atoms with Crippen LogP contribution in [0, 0.1) is 5.41 Å². The van der Waals surface area contributed by atoms with Crippen LogP contribution in [-0.4, -0.2) is 42.5 Å². The quantitative estimate of drug-likeness (QED) is 0.336. The molecule has 1 aliphatic rings. The van der Waals surface area contributed by atoms with Crippen LogP contribution >= 0.6 is 11.8 Å². The van der Waals surface area contributed by atoms with E-state index in [-0.39, 0.29) is 23.4 Å². The molecule has 176 valence electrons. The van der Waals surface area contributed by atoms with Gasteiger partial charge >= 0.3 is 0 Å². The lowest BCUT2D eigenvalue weighted by Gasteiger charge is -2.17. The van der Waals surface area contributed by atoms with Gasteiger partial charge in [0, 0.05) is 11.1 Å². The Labute approximate surface area is 208 Å². The summed E-state index contributed by atoms with van der Waals surface area (Å²) in [5.41, 5.74) is 2.55. The lowest BCUT2D eigenvalue weighted by Crippen LogP contribution is -2.32. The fraction of sp³-hybridized carbons (Fsp3) is 0.107. The first kappa shape index (κ1) is 24.0. The maximum absolute atomic E-state index is 13.4. The largest absolute Gasteiger partial charge is 0.497 e. The highest BCUT2D eigenvalue weighted by molar-refractivity contribution is 8.18. The van der Waals surface area contributed by atoms with E-state index < -0.39 is 0 Å². The van der Waals surface area contributed by atoms with E-state index in [2.05, 4.69) is 0 Å². The number of nitrogens with one attached hydrogen (secondary N) is 1. The number of carbonyl (C=O) groups excluding carboxylic acids is 2. The number of hydrogen-bond acceptors (Lipinski definition) is 6. The van der Waals surface area contributed by atoms with E-state index in [0.29, 0.717) is 21.8 Å². The van der Waals surface area contributed by atoms with Crippen molar-refractivity contribution in [3.63, 3.8) is 0 Å². The van der Waals surface area contributed by atoms with E-state index in [1.165, 1.54) is 4.90 Å². The number of amidine groups is 1. The van der Waals surface area contributed by atoms with Gasteiger partial charge in [-0.15, -0.1) is 0 Å². The topological polar surface area (TPSA) is 79.7 Å². The average Bonchev–Trinajstić information content (AvgIpc) is 3.16. The molecule has 0 saturated carbocycles. The summed E-state index contributed by atoms with van der Waals surface area (Å²) >= 11 is 1.08. The number of thioether (sulfide) groups is 1. The van der Waals surface area contributed by atoms with Gasteiger partial charge in [0.15, 0.2) is 11.0 Å². The molecule has 0 radical (unpaired) electrons. The number of amides is 1. The van der Waals surface area contributed by atoms with Crippen molar-refractivity contribution in [2.45, 2.75) is 0 Å². The predicted molar refractivity (Wildman–Crippen MR) is 140 cm³/mol. The maximum atomic E-state index is 13.4. The van der Waals surface area contributed by atoms with E-state index in [1.807, 2.05) is 54.6 Å². The molecule has 1 N–H and O–H groups in total. The van der Waals surface area contributed by atoms with Gasteiger partial charge in [0.2, 0.25) is 0 Å². The summed E-state index contributed by atoms with van der Waals surface area (Å²) in [4.78, 5) is 28.3. The average molecular weight is 485 g/mol. The predicted octanol–water partition coefficient (Wildman–Crippen LogP) is 5.52. The summed E-state index contributed by atoms with van der Waals surface area (Å²) in [5.74, 6) is 0.927. The smallest absolute Gasteiger partial charge is 0.267 e. The molecule has 1 aliphatic heterocycles. The Morgan fingerprint density at radius 3 is 2.03 bits per heavy atom. The fourth-order valence-corrected chi connectivity index (χ4v) is 4.40. The Morgan fingerprint density at radius 1 is 0.886 bits per heavy atom. The number of ether oxygens (including phenoxy) is 2. The third-order valence-corrected chi connectivity index (χ3v) is 6.36. The van der Waals surface area contributed by atoms with Crippen molar-refractivity contribution in [3.05, 3.63) is 106 Å². The molecule has 0 bridgehead atoms. The molecule has 0 atom stereocenters. The first-order chi connectivity index (χ1) is 17.0. The normalized spacial score (nSPS) is 15.0. The van der Waals surface area contributed by atoms with Crippen molar-refractivity contribution in [3.8, 4) is 11.5 Å². The van der Waals surface area contributed by atoms with Gasteiger partial charge < -0.3 is 9.47 Å². The summed E-state index contributed by atoms with van der Waals surface area (Å²) in [6.45, 7) is -0.00955. The summed E-state index contributed by atoms with van der Waals surface area (Å²) in [5, 5.41) is 8.50. The molecule has 4 rings (SSSR count). The number of nitrogens with zero attached hydrogens (tertiary/aromatic N) is 1. The minimum Gasteiger partial charge on any atom is -0.497 e. The van der Waals surface area contributed by atoms with Crippen LogP contribution in [0.5, 0.6) is 11.5 Å². The van der Waals surface area contributed by atoms with Crippen LogP contribution in [0.4, 0.5) is 0 Å². The molecule has 1 saturated heterocycles. The van der Waals surface area contributed by atoms with Gasteiger partial charge in [-0.05, 0) is 59.3 Å². The van der Waals surface area contributed by atoms with E-state index in [1.54, 1.807) is 50.6 Å². The second kappa shape index (κ2) is 10.9. The molecule has 1 amide bonds. The zero-order chi connectivity index (χ0) is 24.8. The van der Waals surface area contributed by atoms with Crippen LogP contribution in [0.3, 0.4) is 0 Å². The monoisotopic (exact) mass is 484 g/mol. The minimum absolute atomic E-state index is 0.00955. The van der Waals surface area contributed by atoms with Gasteiger partial charge in [-0.3, -0.25) is 19.9 Å². The number of carbonyl (C=O) groups is 2. The number of ketones is 1.